The predicted octanol–water partition coefficient (Wildman–Crippen LogP) is 4.29. The number of hydrogen-bond acceptors (Lipinski definition) is 6. The molecule has 0 bridgehead atoms. The molecule has 3 aromatic rings. The zero-order chi connectivity index (χ0) is 29.3. The van der Waals surface area contributed by atoms with E-state index in [0.29, 0.717) is 0 Å². The molecule has 218 valence electrons. The molecule has 2 heterocycles. The number of piperidine rings is 1. The van der Waals surface area contributed by atoms with Crippen LogP contribution in [0.1, 0.15) is 29.5 Å². The number of amides is 3. The van der Waals surface area contributed by atoms with E-state index in [2.05, 4.69) is 6.58 Å². The molecule has 5 rings (SSSR count). The molecule has 0 aromatic heterocycles. The average Bonchev–Trinajstić information content (AvgIpc) is 3.34. The first-order valence-corrected chi connectivity index (χ1v) is 14.3. The highest BCUT2D eigenvalue weighted by molar-refractivity contribution is 6.02. The minimum atomic E-state index is -0.990. The highest BCUT2D eigenvalue weighted by atomic mass is 16.6. The summed E-state index contributed by atoms with van der Waals surface area (Å²) in [5.74, 6) is -0.804. The van der Waals surface area contributed by atoms with E-state index in [1.807, 2.05) is 91.0 Å². The number of hydrogen-bond donors (Lipinski definition) is 0. The molecule has 0 radical (unpaired) electrons. The number of imide groups is 1. The third-order valence-corrected chi connectivity index (χ3v) is 7.62. The highest BCUT2D eigenvalue weighted by Gasteiger charge is 2.52. The van der Waals surface area contributed by atoms with E-state index in [9.17, 15) is 14.4 Å². The average molecular weight is 569 g/mol. The van der Waals surface area contributed by atoms with Crippen molar-refractivity contribution in [2.75, 3.05) is 13.1 Å². The predicted molar refractivity (Wildman–Crippen MR) is 157 cm³/mol. The van der Waals surface area contributed by atoms with Gasteiger partial charge in [-0.1, -0.05) is 97.1 Å². The van der Waals surface area contributed by atoms with Crippen LogP contribution >= 0.6 is 0 Å². The Morgan fingerprint density at radius 2 is 1.12 bits per heavy atom. The summed E-state index contributed by atoms with van der Waals surface area (Å²) in [5, 5.41) is 0. The van der Waals surface area contributed by atoms with Crippen LogP contribution in [-0.2, 0) is 48.4 Å². The van der Waals surface area contributed by atoms with Gasteiger partial charge in [-0.3, -0.25) is 19.3 Å². The van der Waals surface area contributed by atoms with Gasteiger partial charge >= 0.3 is 0 Å². The summed E-state index contributed by atoms with van der Waals surface area (Å²) in [4.78, 5) is 42.4. The molecular weight excluding hydrogens is 532 g/mol. The fraction of sp³-hybridized carbons (Fsp3) is 0.324. The third kappa shape index (κ3) is 7.02. The van der Waals surface area contributed by atoms with Crippen molar-refractivity contribution >= 4 is 17.7 Å². The molecule has 0 spiro atoms. The second-order valence-corrected chi connectivity index (χ2v) is 10.5. The van der Waals surface area contributed by atoms with Gasteiger partial charge in [0.2, 0.25) is 11.8 Å². The number of likely N-dealkylation sites (tertiary alicyclic amines) is 2. The molecule has 4 atom stereocenters. The molecule has 3 amide bonds. The molecule has 0 unspecified atom stereocenters. The normalized spacial score (nSPS) is 22.5. The molecule has 2 fully saturated rings. The highest BCUT2D eigenvalue weighted by Crippen LogP contribution is 2.31. The quantitative estimate of drug-likeness (QED) is 0.226. The molecule has 8 nitrogen and oxygen atoms in total. The SMILES string of the molecule is C=CCN1C(=O)[C@H](OCc2ccccc2)[C@H](OCc2ccccc2)[C@H](OCc2ccccc2)[C@H]1CN1C(=O)CCC1=O. The van der Waals surface area contributed by atoms with Gasteiger partial charge in [0.1, 0.15) is 12.2 Å². The molecule has 0 aliphatic carbocycles. The Hall–Kier alpha value is -4.11. The fourth-order valence-corrected chi connectivity index (χ4v) is 5.46. The Bertz CT molecular complexity index is 1330. The van der Waals surface area contributed by atoms with Crippen LogP contribution in [0.5, 0.6) is 0 Å². The summed E-state index contributed by atoms with van der Waals surface area (Å²) >= 11 is 0. The number of ether oxygens (including phenoxy) is 3. The summed E-state index contributed by atoms with van der Waals surface area (Å²) < 4.78 is 19.4. The molecule has 0 saturated carbocycles. The first kappa shape index (κ1) is 29.4. The van der Waals surface area contributed by atoms with Crippen LogP contribution in [0.15, 0.2) is 104 Å². The van der Waals surface area contributed by atoms with E-state index in [1.165, 1.54) is 4.90 Å². The first-order valence-electron chi connectivity index (χ1n) is 14.3. The maximum Gasteiger partial charge on any atom is 0.255 e. The fourth-order valence-electron chi connectivity index (χ4n) is 5.46. The van der Waals surface area contributed by atoms with Gasteiger partial charge in [0.05, 0.1) is 32.4 Å². The summed E-state index contributed by atoms with van der Waals surface area (Å²) in [5.41, 5.74) is 2.79. The molecule has 42 heavy (non-hydrogen) atoms. The van der Waals surface area contributed by atoms with Crippen molar-refractivity contribution in [3.63, 3.8) is 0 Å². The molecule has 2 aliphatic heterocycles. The lowest BCUT2D eigenvalue weighted by molar-refractivity contribution is -0.209. The van der Waals surface area contributed by atoms with Gasteiger partial charge in [-0.05, 0) is 16.7 Å². The van der Waals surface area contributed by atoms with E-state index in [0.717, 1.165) is 16.7 Å². The lowest BCUT2D eigenvalue weighted by atomic mass is 9.91. The monoisotopic (exact) mass is 568 g/mol. The maximum absolute atomic E-state index is 14.2. The van der Waals surface area contributed by atoms with E-state index < -0.39 is 24.4 Å². The Balaban J connectivity index is 1.50. The smallest absolute Gasteiger partial charge is 0.255 e. The lowest BCUT2D eigenvalue weighted by Crippen LogP contribution is -2.68. The first-order chi connectivity index (χ1) is 20.5. The van der Waals surface area contributed by atoms with Crippen LogP contribution in [0.4, 0.5) is 0 Å². The molecular formula is C34H36N2O6. The van der Waals surface area contributed by atoms with Gasteiger partial charge < -0.3 is 19.1 Å². The topological polar surface area (TPSA) is 85.4 Å². The summed E-state index contributed by atoms with van der Waals surface area (Å²) in [6.45, 7) is 4.74. The van der Waals surface area contributed by atoms with E-state index in [-0.39, 0.29) is 63.5 Å². The van der Waals surface area contributed by atoms with E-state index in [4.69, 9.17) is 14.2 Å². The van der Waals surface area contributed by atoms with Crippen molar-refractivity contribution in [1.29, 1.82) is 0 Å². The zero-order valence-corrected chi connectivity index (χ0v) is 23.5. The van der Waals surface area contributed by atoms with Crippen molar-refractivity contribution in [2.24, 2.45) is 0 Å². The summed E-state index contributed by atoms with van der Waals surface area (Å²) in [7, 11) is 0. The van der Waals surface area contributed by atoms with Gasteiger partial charge in [-0.15, -0.1) is 6.58 Å². The van der Waals surface area contributed by atoms with Gasteiger partial charge in [-0.2, -0.15) is 0 Å². The number of rotatable bonds is 13. The Morgan fingerprint density at radius 1 is 0.667 bits per heavy atom. The van der Waals surface area contributed by atoms with Crippen LogP contribution in [0.3, 0.4) is 0 Å². The zero-order valence-electron chi connectivity index (χ0n) is 23.5. The number of nitrogens with zero attached hydrogens (tertiary/aromatic N) is 2. The largest absolute Gasteiger partial charge is 0.368 e. The number of benzene rings is 3. The van der Waals surface area contributed by atoms with Crippen LogP contribution in [0.25, 0.3) is 0 Å². The minimum Gasteiger partial charge on any atom is -0.368 e. The van der Waals surface area contributed by atoms with Crippen LogP contribution < -0.4 is 0 Å². The third-order valence-electron chi connectivity index (χ3n) is 7.62. The molecule has 2 saturated heterocycles. The van der Waals surface area contributed by atoms with E-state index in [1.54, 1.807) is 11.0 Å². The second-order valence-electron chi connectivity index (χ2n) is 10.5. The van der Waals surface area contributed by atoms with E-state index >= 15 is 0 Å². The Morgan fingerprint density at radius 3 is 1.60 bits per heavy atom. The van der Waals surface area contributed by atoms with Gasteiger partial charge in [0.15, 0.2) is 6.10 Å². The van der Waals surface area contributed by atoms with Crippen molar-refractivity contribution in [3.05, 3.63) is 120 Å². The Labute approximate surface area is 246 Å². The summed E-state index contributed by atoms with van der Waals surface area (Å²) in [6, 6.07) is 28.4. The van der Waals surface area contributed by atoms with Crippen molar-refractivity contribution in [2.45, 2.75) is 57.0 Å². The standard InChI is InChI=1S/C34H36N2O6/c1-2-20-35-28(21-36-29(37)18-19-30(36)38)31(40-22-25-12-6-3-7-13-25)32(41-23-26-14-8-4-9-15-26)33(34(35)39)42-24-27-16-10-5-11-17-27/h2-17,28,31-33H,1,18-24H2/t28-,31-,32-,33-/m1/s1. The van der Waals surface area contributed by atoms with Crippen molar-refractivity contribution in [1.82, 2.24) is 9.80 Å². The van der Waals surface area contributed by atoms with Gasteiger partial charge in [0.25, 0.3) is 5.91 Å². The molecule has 3 aromatic carbocycles. The van der Waals surface area contributed by atoms with Crippen LogP contribution in [0.2, 0.25) is 0 Å². The van der Waals surface area contributed by atoms with Crippen molar-refractivity contribution < 1.29 is 28.6 Å². The number of carbonyl (C=O) groups is 3. The van der Waals surface area contributed by atoms with Crippen LogP contribution in [-0.4, -0.2) is 65.0 Å². The van der Waals surface area contributed by atoms with Gasteiger partial charge in [0, 0.05) is 19.4 Å². The summed E-state index contributed by atoms with van der Waals surface area (Å²) in [6.07, 6.45) is -0.569. The lowest BCUT2D eigenvalue weighted by Gasteiger charge is -2.48. The van der Waals surface area contributed by atoms with Crippen LogP contribution in [0, 0.1) is 0 Å². The Kier molecular flexibility index (Phi) is 9.92. The van der Waals surface area contributed by atoms with Gasteiger partial charge in [-0.25, -0.2) is 0 Å². The second kappa shape index (κ2) is 14.2. The molecule has 8 heteroatoms. The minimum absolute atomic E-state index is 0.00725. The maximum atomic E-state index is 14.2. The molecule has 2 aliphatic rings. The molecule has 0 N–H and O–H groups in total. The van der Waals surface area contributed by atoms with Crippen molar-refractivity contribution in [3.8, 4) is 0 Å². The number of carbonyl (C=O) groups excluding carboxylic acids is 3.